The zero-order valence-electron chi connectivity index (χ0n) is 12.5. The Morgan fingerprint density at radius 3 is 2.61 bits per heavy atom. The first-order valence-corrected chi connectivity index (χ1v) is 8.35. The van der Waals surface area contributed by atoms with Crippen molar-refractivity contribution in [3.05, 3.63) is 57.3 Å². The zero-order chi connectivity index (χ0) is 16.4. The minimum absolute atomic E-state index is 0.271. The standard InChI is InChI=1S/C18H16O4S/c19-14(10-15(20)18(21)22)17-9-13-12(7-4-8-16(13)23-17)11-5-2-1-3-6-11/h1-3,5-6,9,12H,4,7-8,10H2,(H,21,22). The van der Waals surface area contributed by atoms with Crippen LogP contribution in [0.1, 0.15) is 50.9 Å². The first kappa shape index (κ1) is 15.6. The second kappa shape index (κ2) is 6.46. The molecule has 0 spiro atoms. The Labute approximate surface area is 137 Å². The maximum absolute atomic E-state index is 12.1. The summed E-state index contributed by atoms with van der Waals surface area (Å²) in [5.74, 6) is -2.74. The number of benzene rings is 1. The van der Waals surface area contributed by atoms with Gasteiger partial charge in [-0.05, 0) is 36.5 Å². The SMILES string of the molecule is O=C(O)C(=O)CC(=O)c1cc2c(s1)CCCC2c1ccccc1. The Morgan fingerprint density at radius 1 is 1.17 bits per heavy atom. The fourth-order valence-electron chi connectivity index (χ4n) is 3.03. The van der Waals surface area contributed by atoms with Crippen LogP contribution in [0.5, 0.6) is 0 Å². The van der Waals surface area contributed by atoms with E-state index in [9.17, 15) is 14.4 Å². The first-order chi connectivity index (χ1) is 11.1. The molecule has 0 fully saturated rings. The molecule has 23 heavy (non-hydrogen) atoms. The van der Waals surface area contributed by atoms with Crippen LogP contribution in [0.25, 0.3) is 0 Å². The molecule has 2 aromatic rings. The van der Waals surface area contributed by atoms with Crippen molar-refractivity contribution in [3.8, 4) is 0 Å². The van der Waals surface area contributed by atoms with Crippen molar-refractivity contribution in [1.29, 1.82) is 0 Å². The number of carboxylic acid groups (broad SMARTS) is 1. The summed E-state index contributed by atoms with van der Waals surface area (Å²) in [6.07, 6.45) is 2.47. The number of thiophene rings is 1. The molecule has 1 aromatic carbocycles. The number of hydrogen-bond donors (Lipinski definition) is 1. The molecule has 3 rings (SSSR count). The highest BCUT2D eigenvalue weighted by Crippen LogP contribution is 2.41. The van der Waals surface area contributed by atoms with Gasteiger partial charge in [0.2, 0.25) is 5.78 Å². The molecule has 1 unspecified atom stereocenters. The summed E-state index contributed by atoms with van der Waals surface area (Å²) in [5, 5.41) is 8.63. The van der Waals surface area contributed by atoms with Crippen molar-refractivity contribution in [2.75, 3.05) is 0 Å². The lowest BCUT2D eigenvalue weighted by Crippen LogP contribution is -2.16. The van der Waals surface area contributed by atoms with Crippen molar-refractivity contribution in [3.63, 3.8) is 0 Å². The number of carboxylic acids is 1. The predicted octanol–water partition coefficient (Wildman–Crippen LogP) is 3.44. The molecule has 5 heteroatoms. The molecular weight excluding hydrogens is 312 g/mol. The van der Waals surface area contributed by atoms with Gasteiger partial charge in [-0.15, -0.1) is 11.3 Å². The molecule has 1 aliphatic rings. The van der Waals surface area contributed by atoms with Crippen molar-refractivity contribution in [2.24, 2.45) is 0 Å². The molecule has 0 saturated carbocycles. The van der Waals surface area contributed by atoms with Gasteiger partial charge in [-0.2, -0.15) is 0 Å². The molecule has 1 aliphatic carbocycles. The highest BCUT2D eigenvalue weighted by Gasteiger charge is 2.27. The van der Waals surface area contributed by atoms with E-state index < -0.39 is 24.0 Å². The van der Waals surface area contributed by atoms with Gasteiger partial charge in [-0.25, -0.2) is 4.79 Å². The van der Waals surface area contributed by atoms with E-state index in [-0.39, 0.29) is 5.92 Å². The third kappa shape index (κ3) is 3.24. The summed E-state index contributed by atoms with van der Waals surface area (Å²) in [6.45, 7) is 0. The molecule has 1 atom stereocenters. The van der Waals surface area contributed by atoms with E-state index in [0.29, 0.717) is 4.88 Å². The van der Waals surface area contributed by atoms with Gasteiger partial charge < -0.3 is 5.11 Å². The Hall–Kier alpha value is -2.27. The van der Waals surface area contributed by atoms with Crippen LogP contribution in [0.4, 0.5) is 0 Å². The Morgan fingerprint density at radius 2 is 1.91 bits per heavy atom. The maximum atomic E-state index is 12.1. The van der Waals surface area contributed by atoms with Crippen molar-refractivity contribution in [1.82, 2.24) is 0 Å². The molecule has 1 aromatic heterocycles. The summed E-state index contributed by atoms with van der Waals surface area (Å²) in [6, 6.07) is 12.0. The van der Waals surface area contributed by atoms with Gasteiger partial charge in [-0.1, -0.05) is 30.3 Å². The molecule has 1 heterocycles. The minimum atomic E-state index is -1.55. The smallest absolute Gasteiger partial charge is 0.372 e. The number of carbonyl (C=O) groups is 3. The van der Waals surface area contributed by atoms with Crippen LogP contribution in [-0.4, -0.2) is 22.6 Å². The first-order valence-electron chi connectivity index (χ1n) is 7.53. The molecule has 0 amide bonds. The van der Waals surface area contributed by atoms with Gasteiger partial charge in [0.25, 0.3) is 0 Å². The van der Waals surface area contributed by atoms with Crippen molar-refractivity contribution < 1.29 is 19.5 Å². The van der Waals surface area contributed by atoms with Gasteiger partial charge in [0.15, 0.2) is 5.78 Å². The normalized spacial score (nSPS) is 16.6. The van der Waals surface area contributed by atoms with E-state index in [4.69, 9.17) is 5.11 Å². The topological polar surface area (TPSA) is 71.4 Å². The van der Waals surface area contributed by atoms with Gasteiger partial charge in [-0.3, -0.25) is 9.59 Å². The number of aliphatic carboxylic acids is 1. The van der Waals surface area contributed by atoms with Crippen LogP contribution in [-0.2, 0) is 16.0 Å². The van der Waals surface area contributed by atoms with Crippen LogP contribution in [0, 0.1) is 0 Å². The van der Waals surface area contributed by atoms with Crippen LogP contribution < -0.4 is 0 Å². The number of ketones is 2. The lowest BCUT2D eigenvalue weighted by Gasteiger charge is -2.22. The second-order valence-corrected chi connectivity index (χ2v) is 6.81. The Kier molecular flexibility index (Phi) is 4.39. The largest absolute Gasteiger partial charge is 0.475 e. The average Bonchev–Trinajstić information content (AvgIpc) is 2.99. The fourth-order valence-corrected chi connectivity index (χ4v) is 4.24. The van der Waals surface area contributed by atoms with E-state index in [1.807, 2.05) is 24.3 Å². The maximum Gasteiger partial charge on any atom is 0.372 e. The highest BCUT2D eigenvalue weighted by molar-refractivity contribution is 7.14. The summed E-state index contributed by atoms with van der Waals surface area (Å²) in [5.41, 5.74) is 2.38. The Balaban J connectivity index is 1.88. The third-order valence-corrected chi connectivity index (χ3v) is 5.40. The molecule has 0 radical (unpaired) electrons. The number of hydrogen-bond acceptors (Lipinski definition) is 4. The summed E-state index contributed by atoms with van der Waals surface area (Å²) < 4.78 is 0. The van der Waals surface area contributed by atoms with Gasteiger partial charge >= 0.3 is 5.97 Å². The predicted molar refractivity (Wildman–Crippen MR) is 87.1 cm³/mol. The zero-order valence-corrected chi connectivity index (χ0v) is 13.3. The van der Waals surface area contributed by atoms with E-state index in [0.717, 1.165) is 24.8 Å². The van der Waals surface area contributed by atoms with E-state index in [1.54, 1.807) is 0 Å². The molecule has 0 bridgehead atoms. The Bertz CT molecular complexity index is 761. The molecule has 0 aliphatic heterocycles. The lowest BCUT2D eigenvalue weighted by molar-refractivity contribution is -0.148. The quantitative estimate of drug-likeness (QED) is 0.518. The molecule has 1 N–H and O–H groups in total. The summed E-state index contributed by atoms with van der Waals surface area (Å²) in [4.78, 5) is 35.7. The van der Waals surface area contributed by atoms with E-state index >= 15 is 0 Å². The monoisotopic (exact) mass is 328 g/mol. The van der Waals surface area contributed by atoms with Crippen LogP contribution in [0.2, 0.25) is 0 Å². The molecule has 0 saturated heterocycles. The average molecular weight is 328 g/mol. The molecular formula is C18H16O4S. The van der Waals surface area contributed by atoms with Crippen LogP contribution in [0.3, 0.4) is 0 Å². The fraction of sp³-hybridized carbons (Fsp3) is 0.278. The lowest BCUT2D eigenvalue weighted by atomic mass is 9.82. The number of aryl methyl sites for hydroxylation is 1. The molecule has 4 nitrogen and oxygen atoms in total. The summed E-state index contributed by atoms with van der Waals surface area (Å²) >= 11 is 1.40. The van der Waals surface area contributed by atoms with Crippen LogP contribution >= 0.6 is 11.3 Å². The van der Waals surface area contributed by atoms with Gasteiger partial charge in [0.1, 0.15) is 0 Å². The number of rotatable bonds is 5. The van der Waals surface area contributed by atoms with E-state index in [1.165, 1.54) is 21.8 Å². The van der Waals surface area contributed by atoms with Crippen molar-refractivity contribution in [2.45, 2.75) is 31.6 Å². The third-order valence-electron chi connectivity index (χ3n) is 4.15. The van der Waals surface area contributed by atoms with Crippen molar-refractivity contribution >= 4 is 28.9 Å². The van der Waals surface area contributed by atoms with Gasteiger partial charge in [0, 0.05) is 10.8 Å². The van der Waals surface area contributed by atoms with E-state index in [2.05, 4.69) is 12.1 Å². The minimum Gasteiger partial charge on any atom is -0.475 e. The summed E-state index contributed by atoms with van der Waals surface area (Å²) in [7, 11) is 0. The highest BCUT2D eigenvalue weighted by atomic mass is 32.1. The van der Waals surface area contributed by atoms with Crippen LogP contribution in [0.15, 0.2) is 36.4 Å². The number of carbonyl (C=O) groups excluding carboxylic acids is 2. The van der Waals surface area contributed by atoms with Gasteiger partial charge in [0.05, 0.1) is 11.3 Å². The number of Topliss-reactive ketones (excluding diaryl/α,β-unsaturated/α-hetero) is 2. The number of fused-ring (bicyclic) bond motifs is 1. The molecule has 118 valence electrons. The second-order valence-electron chi connectivity index (χ2n) is 5.67.